The van der Waals surface area contributed by atoms with Gasteiger partial charge in [0.15, 0.2) is 12.1 Å². The van der Waals surface area contributed by atoms with Crippen LogP contribution in [0.4, 0.5) is 5.69 Å². The summed E-state index contributed by atoms with van der Waals surface area (Å²) in [6.45, 7) is 6.01. The lowest BCUT2D eigenvalue weighted by atomic mass is 9.79. The standard InChI is InChI=1S/C18H23NO5/c1-11(16-23-9-13(20)10-24-16)19-12(2)18(3,17(21)22-4)14-7-5-6-8-15(14)19/h5-8,11-12,16H,9-10H2,1-4H3/t11-,12?,18?/m1/s1. The average molecular weight is 333 g/mol. The van der Waals surface area contributed by atoms with Crippen LogP contribution in [0.1, 0.15) is 26.3 Å². The van der Waals surface area contributed by atoms with Crippen molar-refractivity contribution in [1.29, 1.82) is 0 Å². The summed E-state index contributed by atoms with van der Waals surface area (Å²) in [6.07, 6.45) is -0.516. The van der Waals surface area contributed by atoms with Crippen molar-refractivity contribution in [1.82, 2.24) is 0 Å². The predicted octanol–water partition coefficient (Wildman–Crippen LogP) is 1.66. The Morgan fingerprint density at radius 1 is 1.33 bits per heavy atom. The van der Waals surface area contributed by atoms with Crippen LogP contribution in [0.3, 0.4) is 0 Å². The van der Waals surface area contributed by atoms with Crippen LogP contribution in [0.5, 0.6) is 0 Å². The summed E-state index contributed by atoms with van der Waals surface area (Å²) in [5, 5.41) is 0. The molecule has 2 aliphatic heterocycles. The lowest BCUT2D eigenvalue weighted by molar-refractivity contribution is -0.191. The Hall–Kier alpha value is -1.92. The van der Waals surface area contributed by atoms with Crippen molar-refractivity contribution in [3.63, 3.8) is 0 Å². The quantitative estimate of drug-likeness (QED) is 0.784. The molecule has 0 aliphatic carbocycles. The van der Waals surface area contributed by atoms with Gasteiger partial charge in [-0.2, -0.15) is 0 Å². The Morgan fingerprint density at radius 3 is 2.58 bits per heavy atom. The lowest BCUT2D eigenvalue weighted by Gasteiger charge is -2.40. The van der Waals surface area contributed by atoms with Crippen LogP contribution in [-0.2, 0) is 29.2 Å². The molecule has 24 heavy (non-hydrogen) atoms. The summed E-state index contributed by atoms with van der Waals surface area (Å²) < 4.78 is 16.2. The van der Waals surface area contributed by atoms with Gasteiger partial charge in [-0.25, -0.2) is 0 Å². The Morgan fingerprint density at radius 2 is 1.96 bits per heavy atom. The lowest BCUT2D eigenvalue weighted by Crippen LogP contribution is -2.54. The molecule has 0 amide bonds. The summed E-state index contributed by atoms with van der Waals surface area (Å²) in [5.41, 5.74) is 1.13. The fourth-order valence-electron chi connectivity index (χ4n) is 3.76. The number of carbonyl (C=O) groups is 2. The van der Waals surface area contributed by atoms with E-state index < -0.39 is 11.7 Å². The van der Waals surface area contributed by atoms with Crippen LogP contribution in [0.15, 0.2) is 24.3 Å². The molecule has 2 unspecified atom stereocenters. The van der Waals surface area contributed by atoms with Gasteiger partial charge in [0.05, 0.1) is 13.2 Å². The molecule has 2 heterocycles. The van der Waals surface area contributed by atoms with Gasteiger partial charge in [0.1, 0.15) is 18.6 Å². The molecule has 0 N–H and O–H groups in total. The normalized spacial score (nSPS) is 28.6. The molecule has 130 valence electrons. The monoisotopic (exact) mass is 333 g/mol. The van der Waals surface area contributed by atoms with E-state index in [9.17, 15) is 9.59 Å². The zero-order chi connectivity index (χ0) is 17.5. The highest BCUT2D eigenvalue weighted by molar-refractivity contribution is 5.90. The zero-order valence-electron chi connectivity index (χ0n) is 14.4. The molecular weight excluding hydrogens is 310 g/mol. The molecule has 1 fully saturated rings. The third-order valence-corrected chi connectivity index (χ3v) is 5.25. The van der Waals surface area contributed by atoms with Crippen LogP contribution < -0.4 is 4.90 Å². The number of carbonyl (C=O) groups excluding carboxylic acids is 2. The van der Waals surface area contributed by atoms with Crippen molar-refractivity contribution < 1.29 is 23.8 Å². The molecular formula is C18H23NO5. The number of ketones is 1. The smallest absolute Gasteiger partial charge is 0.318 e. The minimum atomic E-state index is -0.774. The molecule has 0 aromatic heterocycles. The van der Waals surface area contributed by atoms with E-state index in [2.05, 4.69) is 4.90 Å². The summed E-state index contributed by atoms with van der Waals surface area (Å²) in [7, 11) is 1.41. The molecule has 0 bridgehead atoms. The zero-order valence-corrected chi connectivity index (χ0v) is 14.4. The Balaban J connectivity index is 1.97. The van der Waals surface area contributed by atoms with Gasteiger partial charge in [0, 0.05) is 11.7 Å². The molecule has 1 aromatic rings. The van der Waals surface area contributed by atoms with Gasteiger partial charge < -0.3 is 19.1 Å². The first kappa shape index (κ1) is 16.9. The molecule has 1 saturated heterocycles. The number of esters is 1. The van der Waals surface area contributed by atoms with Crippen LogP contribution in [0.2, 0.25) is 0 Å². The average Bonchev–Trinajstić information content (AvgIpc) is 2.83. The van der Waals surface area contributed by atoms with Crippen molar-refractivity contribution in [3.05, 3.63) is 29.8 Å². The number of anilines is 1. The van der Waals surface area contributed by atoms with Crippen molar-refractivity contribution in [3.8, 4) is 0 Å². The second-order valence-electron chi connectivity index (χ2n) is 6.56. The highest BCUT2D eigenvalue weighted by Crippen LogP contribution is 2.47. The topological polar surface area (TPSA) is 65.1 Å². The molecule has 3 rings (SSSR count). The molecule has 0 spiro atoms. The number of para-hydroxylation sites is 1. The Bertz CT molecular complexity index is 651. The number of hydrogen-bond donors (Lipinski definition) is 0. The molecule has 0 radical (unpaired) electrons. The number of ether oxygens (including phenoxy) is 3. The van der Waals surface area contributed by atoms with Crippen molar-refractivity contribution in [2.45, 2.75) is 44.6 Å². The summed E-state index contributed by atoms with van der Waals surface area (Å²) in [4.78, 5) is 26.0. The largest absolute Gasteiger partial charge is 0.468 e. The second-order valence-corrected chi connectivity index (χ2v) is 6.56. The number of fused-ring (bicyclic) bond motifs is 1. The van der Waals surface area contributed by atoms with Gasteiger partial charge in [-0.15, -0.1) is 0 Å². The van der Waals surface area contributed by atoms with Gasteiger partial charge in [-0.3, -0.25) is 9.59 Å². The highest BCUT2D eigenvalue weighted by Gasteiger charge is 2.53. The van der Waals surface area contributed by atoms with Crippen molar-refractivity contribution in [2.24, 2.45) is 0 Å². The maximum atomic E-state index is 12.5. The molecule has 1 aromatic carbocycles. The first-order valence-electron chi connectivity index (χ1n) is 8.12. The van der Waals surface area contributed by atoms with Gasteiger partial charge in [0.2, 0.25) is 0 Å². The number of Topliss-reactive ketones (excluding diaryl/α,β-unsaturated/α-hetero) is 1. The van der Waals surface area contributed by atoms with Crippen LogP contribution in [0.25, 0.3) is 0 Å². The molecule has 6 nitrogen and oxygen atoms in total. The fraction of sp³-hybridized carbons (Fsp3) is 0.556. The van der Waals surface area contributed by atoms with E-state index in [-0.39, 0.29) is 37.0 Å². The van der Waals surface area contributed by atoms with E-state index in [0.717, 1.165) is 11.3 Å². The van der Waals surface area contributed by atoms with E-state index in [1.54, 1.807) is 0 Å². The van der Waals surface area contributed by atoms with Gasteiger partial charge in [0.25, 0.3) is 0 Å². The second kappa shape index (κ2) is 6.18. The third-order valence-electron chi connectivity index (χ3n) is 5.25. The number of methoxy groups -OCH3 is 1. The highest BCUT2D eigenvalue weighted by atomic mass is 16.7. The van der Waals surface area contributed by atoms with E-state index in [0.29, 0.717) is 0 Å². The van der Waals surface area contributed by atoms with Gasteiger partial charge in [-0.05, 0) is 32.4 Å². The summed E-state index contributed by atoms with van der Waals surface area (Å²) in [6, 6.07) is 7.53. The maximum absolute atomic E-state index is 12.5. The Labute approximate surface area is 141 Å². The van der Waals surface area contributed by atoms with E-state index in [1.165, 1.54) is 7.11 Å². The molecule has 3 atom stereocenters. The minimum absolute atomic E-state index is 0.0623. The number of hydrogen-bond acceptors (Lipinski definition) is 6. The Kier molecular flexibility index (Phi) is 4.36. The predicted molar refractivity (Wildman–Crippen MR) is 87.9 cm³/mol. The number of rotatable bonds is 3. The van der Waals surface area contributed by atoms with Crippen LogP contribution in [-0.4, -0.2) is 50.4 Å². The maximum Gasteiger partial charge on any atom is 0.318 e. The summed E-state index contributed by atoms with van der Waals surface area (Å²) in [5.74, 6) is -0.328. The van der Waals surface area contributed by atoms with E-state index >= 15 is 0 Å². The van der Waals surface area contributed by atoms with Crippen molar-refractivity contribution in [2.75, 3.05) is 25.2 Å². The van der Waals surface area contributed by atoms with Gasteiger partial charge in [-0.1, -0.05) is 18.2 Å². The van der Waals surface area contributed by atoms with Gasteiger partial charge >= 0.3 is 5.97 Å². The summed E-state index contributed by atoms with van der Waals surface area (Å²) >= 11 is 0. The minimum Gasteiger partial charge on any atom is -0.468 e. The molecule has 0 saturated carbocycles. The first-order valence-corrected chi connectivity index (χ1v) is 8.12. The molecule has 2 aliphatic rings. The number of nitrogens with zero attached hydrogens (tertiary/aromatic N) is 1. The fourth-order valence-corrected chi connectivity index (χ4v) is 3.76. The van der Waals surface area contributed by atoms with E-state index in [4.69, 9.17) is 14.2 Å². The molecule has 6 heteroatoms. The van der Waals surface area contributed by atoms with Crippen molar-refractivity contribution >= 4 is 17.4 Å². The SMILES string of the molecule is COC(=O)C1(C)c2ccccc2N([C@H](C)C2OCC(=O)CO2)C1C. The third kappa shape index (κ3) is 2.41. The number of benzene rings is 1. The van der Waals surface area contributed by atoms with Crippen LogP contribution >= 0.6 is 0 Å². The first-order chi connectivity index (χ1) is 11.4. The van der Waals surface area contributed by atoms with E-state index in [1.807, 2.05) is 45.0 Å². The van der Waals surface area contributed by atoms with Crippen LogP contribution in [0, 0.1) is 0 Å².